The molecule has 0 saturated carbocycles. The van der Waals surface area contributed by atoms with E-state index < -0.39 is 37.3 Å². The number of hydrogen-bond donors (Lipinski definition) is 9. The number of carbonyl (C=O) groups is 1. The first-order chi connectivity index (χ1) is 19.7. The molecule has 2 aromatic rings. The minimum Gasteiger partial charge on any atom is -0.443 e. The molecule has 6 atom stereocenters. The van der Waals surface area contributed by atoms with Gasteiger partial charge in [0, 0.05) is 24.2 Å². The summed E-state index contributed by atoms with van der Waals surface area (Å²) in [7, 11) is 0. The third kappa shape index (κ3) is 9.10. The van der Waals surface area contributed by atoms with Crippen molar-refractivity contribution in [2.45, 2.75) is 88.6 Å². The van der Waals surface area contributed by atoms with Crippen LogP contribution in [0.1, 0.15) is 61.4 Å². The average molecular weight is 580 g/mol. The molecule has 41 heavy (non-hydrogen) atoms. The summed E-state index contributed by atoms with van der Waals surface area (Å²) in [5.74, 6) is 0.286. The number of nitrogens with two attached hydrogens (primary N) is 1. The predicted molar refractivity (Wildman–Crippen MR) is 150 cm³/mol. The van der Waals surface area contributed by atoms with Gasteiger partial charge >= 0.3 is 6.03 Å². The van der Waals surface area contributed by atoms with Crippen molar-refractivity contribution in [1.29, 1.82) is 0 Å². The second kappa shape index (κ2) is 16.0. The second-order valence-electron chi connectivity index (χ2n) is 10.7. The van der Waals surface area contributed by atoms with Gasteiger partial charge in [0.15, 0.2) is 0 Å². The minimum absolute atomic E-state index is 0.0900. The molecular weight excluding hydrogens is 534 g/mol. The summed E-state index contributed by atoms with van der Waals surface area (Å²) < 4.78 is 11.3. The fourth-order valence-electron chi connectivity index (χ4n) is 4.71. The Hall–Kier alpha value is -2.78. The number of hydrogen-bond acceptors (Lipinski definition) is 10. The van der Waals surface area contributed by atoms with E-state index in [0.29, 0.717) is 32.4 Å². The van der Waals surface area contributed by atoms with Crippen molar-refractivity contribution < 1.29 is 39.8 Å². The Morgan fingerprint density at radius 1 is 1.10 bits per heavy atom. The van der Waals surface area contributed by atoms with Gasteiger partial charge in [0.1, 0.15) is 24.4 Å². The molecule has 2 amide bonds. The highest BCUT2D eigenvalue weighted by Crippen LogP contribution is 2.31. The van der Waals surface area contributed by atoms with Gasteiger partial charge in [-0.15, -0.1) is 5.10 Å². The highest BCUT2D eigenvalue weighted by Gasteiger charge is 2.45. The van der Waals surface area contributed by atoms with E-state index in [4.69, 9.17) is 15.2 Å². The molecule has 13 heteroatoms. The van der Waals surface area contributed by atoms with E-state index in [-0.39, 0.29) is 30.5 Å². The van der Waals surface area contributed by atoms with E-state index >= 15 is 0 Å². The molecule has 1 aliphatic rings. The van der Waals surface area contributed by atoms with Gasteiger partial charge in [-0.2, -0.15) is 0 Å². The number of ether oxygens (including phenoxy) is 2. The van der Waals surface area contributed by atoms with Crippen molar-refractivity contribution in [3.05, 3.63) is 46.6 Å². The highest BCUT2D eigenvalue weighted by molar-refractivity contribution is 5.74. The Balaban J connectivity index is 1.58. The first-order valence-corrected chi connectivity index (χ1v) is 14.2. The van der Waals surface area contributed by atoms with Gasteiger partial charge in [-0.25, -0.2) is 4.79 Å². The largest absolute Gasteiger partial charge is 0.443 e. The summed E-state index contributed by atoms with van der Waals surface area (Å²) in [6.45, 7) is 4.35. The maximum atomic E-state index is 12.2. The van der Waals surface area contributed by atoms with Crippen LogP contribution < -0.4 is 21.1 Å². The molecule has 1 fully saturated rings. The van der Waals surface area contributed by atoms with Crippen LogP contribution in [0.2, 0.25) is 0 Å². The van der Waals surface area contributed by atoms with Crippen LogP contribution in [0, 0.1) is 0 Å². The molecule has 0 spiro atoms. The third-order valence-electron chi connectivity index (χ3n) is 7.18. The molecule has 2 heterocycles. The Labute approximate surface area is 240 Å². The van der Waals surface area contributed by atoms with Crippen molar-refractivity contribution in [2.24, 2.45) is 5.73 Å². The van der Waals surface area contributed by atoms with Crippen LogP contribution in [0.3, 0.4) is 0 Å². The van der Waals surface area contributed by atoms with Crippen molar-refractivity contribution in [3.8, 4) is 5.88 Å². The molecule has 10 N–H and O–H groups in total. The van der Waals surface area contributed by atoms with E-state index in [2.05, 4.69) is 20.8 Å². The van der Waals surface area contributed by atoms with Crippen LogP contribution in [-0.4, -0.2) is 105 Å². The fraction of sp³-hybridized carbons (Fsp3) is 0.643. The van der Waals surface area contributed by atoms with E-state index in [9.17, 15) is 30.3 Å². The van der Waals surface area contributed by atoms with Crippen molar-refractivity contribution in [3.63, 3.8) is 0 Å². The molecular formula is C28H45N5O8. The van der Waals surface area contributed by atoms with E-state index in [1.54, 1.807) is 0 Å². The molecule has 1 aromatic heterocycles. The fourth-order valence-corrected chi connectivity index (χ4v) is 4.71. The summed E-state index contributed by atoms with van der Waals surface area (Å²) in [5.41, 5.74) is 9.10. The first-order valence-electron chi connectivity index (χ1n) is 14.2. The van der Waals surface area contributed by atoms with Crippen LogP contribution in [0.25, 0.3) is 0 Å². The topological polar surface area (TPSA) is 215 Å². The summed E-state index contributed by atoms with van der Waals surface area (Å²) in [4.78, 5) is 12.2. The number of aromatic nitrogens is 2. The van der Waals surface area contributed by atoms with Gasteiger partial charge in [-0.1, -0.05) is 44.5 Å². The number of benzene rings is 1. The Morgan fingerprint density at radius 3 is 2.44 bits per heavy atom. The number of nitrogens with one attached hydrogen (secondary N) is 3. The first kappa shape index (κ1) is 32.7. The molecule has 0 radical (unpaired) electrons. The summed E-state index contributed by atoms with van der Waals surface area (Å²) in [6.07, 6.45) is -3.55. The van der Waals surface area contributed by atoms with Gasteiger partial charge in [-0.05, 0) is 42.9 Å². The molecule has 1 aromatic carbocycles. The lowest BCUT2D eigenvalue weighted by Gasteiger charge is -2.39. The van der Waals surface area contributed by atoms with Crippen molar-refractivity contribution >= 4 is 6.03 Å². The predicted octanol–water partition coefficient (Wildman–Crippen LogP) is -0.366. The zero-order chi connectivity index (χ0) is 29.9. The SMILES string of the molecule is CC(C)c1[nH]nc(O[C@@H]2O[C@H](CO)[C@@H](O)[C@H](O)[C@H]2O)c1Cc1ccc(CCNC(=O)N[C@H](CO)CCCCN)cc1. The Kier molecular flexibility index (Phi) is 12.8. The highest BCUT2D eigenvalue weighted by atomic mass is 16.7. The summed E-state index contributed by atoms with van der Waals surface area (Å²) >= 11 is 0. The monoisotopic (exact) mass is 579 g/mol. The second-order valence-corrected chi connectivity index (χ2v) is 10.7. The van der Waals surface area contributed by atoms with E-state index in [1.807, 2.05) is 38.1 Å². The van der Waals surface area contributed by atoms with Gasteiger partial charge in [0.2, 0.25) is 12.2 Å². The Morgan fingerprint density at radius 2 is 1.80 bits per heavy atom. The lowest BCUT2D eigenvalue weighted by atomic mass is 9.98. The lowest BCUT2D eigenvalue weighted by Crippen LogP contribution is -2.60. The van der Waals surface area contributed by atoms with Gasteiger partial charge in [0.05, 0.1) is 19.3 Å². The zero-order valence-corrected chi connectivity index (χ0v) is 23.7. The van der Waals surface area contributed by atoms with Crippen LogP contribution >= 0.6 is 0 Å². The van der Waals surface area contributed by atoms with Gasteiger partial charge in [-0.3, -0.25) is 5.10 Å². The molecule has 0 unspecified atom stereocenters. The number of aliphatic hydroxyl groups excluding tert-OH is 5. The average Bonchev–Trinajstić information content (AvgIpc) is 3.35. The number of amides is 2. The Bertz CT molecular complexity index is 1060. The lowest BCUT2D eigenvalue weighted by molar-refractivity contribution is -0.278. The number of H-pyrrole nitrogens is 1. The van der Waals surface area contributed by atoms with Crippen LogP contribution in [0.5, 0.6) is 5.88 Å². The smallest absolute Gasteiger partial charge is 0.315 e. The number of urea groups is 1. The van der Waals surface area contributed by atoms with Crippen molar-refractivity contribution in [1.82, 2.24) is 20.8 Å². The third-order valence-corrected chi connectivity index (χ3v) is 7.18. The van der Waals surface area contributed by atoms with Gasteiger partial charge in [0.25, 0.3) is 0 Å². The normalized spacial score (nSPS) is 23.4. The molecule has 0 aliphatic carbocycles. The van der Waals surface area contributed by atoms with Crippen LogP contribution in [-0.2, 0) is 17.6 Å². The van der Waals surface area contributed by atoms with Crippen LogP contribution in [0.4, 0.5) is 4.79 Å². The standard InChI is InChI=1S/C28H45N5O8/c1-16(2)22-20(26(33-32-22)41-27-25(38)24(37)23(36)21(15-35)40-27)13-18-8-6-17(7-9-18)10-12-30-28(39)31-19(14-34)5-3-4-11-29/h6-9,16,19,21,23-25,27,34-38H,3-5,10-15,29H2,1-2H3,(H,32,33)(H2,30,31,39)/t19-,21+,23+,24-,25+,27-/m0/s1. The van der Waals surface area contributed by atoms with Gasteiger partial charge < -0.3 is 51.4 Å². The van der Waals surface area contributed by atoms with E-state index in [1.165, 1.54) is 0 Å². The quantitative estimate of drug-likeness (QED) is 0.125. The zero-order valence-electron chi connectivity index (χ0n) is 23.7. The number of unbranched alkanes of at least 4 members (excludes halogenated alkanes) is 1. The molecule has 3 rings (SSSR count). The maximum Gasteiger partial charge on any atom is 0.315 e. The van der Waals surface area contributed by atoms with Crippen LogP contribution in [0.15, 0.2) is 24.3 Å². The molecule has 13 nitrogen and oxygen atoms in total. The number of carbonyl (C=O) groups excluding carboxylic acids is 1. The maximum absolute atomic E-state index is 12.2. The molecule has 1 saturated heterocycles. The minimum atomic E-state index is -1.55. The summed E-state index contributed by atoms with van der Waals surface area (Å²) in [6, 6.07) is 7.29. The number of aromatic amines is 1. The molecule has 0 bridgehead atoms. The van der Waals surface area contributed by atoms with E-state index in [0.717, 1.165) is 35.2 Å². The summed E-state index contributed by atoms with van der Waals surface area (Å²) in [5, 5.41) is 62.3. The van der Waals surface area contributed by atoms with Crippen molar-refractivity contribution in [2.75, 3.05) is 26.3 Å². The number of rotatable bonds is 15. The number of aliphatic hydroxyl groups is 5. The number of nitrogens with zero attached hydrogens (tertiary/aromatic N) is 1. The molecule has 1 aliphatic heterocycles. The molecule has 230 valence electrons.